The minimum Gasteiger partial charge on any atom is -0.478 e. The Balaban J connectivity index is 2.57. The lowest BCUT2D eigenvalue weighted by molar-refractivity contribution is -0.121. The number of carboxylic acid groups (broad SMARTS) is 1. The van der Waals surface area contributed by atoms with E-state index in [0.29, 0.717) is 4.47 Å². The van der Waals surface area contributed by atoms with Gasteiger partial charge in [0, 0.05) is 17.3 Å². The molecule has 5 nitrogen and oxygen atoms in total. The van der Waals surface area contributed by atoms with E-state index in [4.69, 9.17) is 5.11 Å². The van der Waals surface area contributed by atoms with Gasteiger partial charge in [0.2, 0.25) is 11.8 Å². The Bertz CT molecular complexity index is 510. The molecule has 0 spiro atoms. The smallest absolute Gasteiger partial charge is 0.337 e. The Morgan fingerprint density at radius 2 is 1.82 bits per heavy atom. The number of amides is 2. The van der Waals surface area contributed by atoms with Crippen molar-refractivity contribution in [2.75, 3.05) is 4.90 Å². The van der Waals surface area contributed by atoms with E-state index in [1.165, 1.54) is 12.1 Å². The number of imide groups is 1. The SMILES string of the molecule is O=C(O)c1ccc(Br)cc1N1C(=O)CCC1=O. The van der Waals surface area contributed by atoms with Gasteiger partial charge < -0.3 is 5.11 Å². The van der Waals surface area contributed by atoms with Crippen LogP contribution >= 0.6 is 15.9 Å². The lowest BCUT2D eigenvalue weighted by Gasteiger charge is -2.16. The van der Waals surface area contributed by atoms with E-state index in [1.54, 1.807) is 6.07 Å². The van der Waals surface area contributed by atoms with Crippen molar-refractivity contribution in [2.24, 2.45) is 0 Å². The van der Waals surface area contributed by atoms with E-state index < -0.39 is 5.97 Å². The van der Waals surface area contributed by atoms with Gasteiger partial charge in [-0.1, -0.05) is 15.9 Å². The topological polar surface area (TPSA) is 74.7 Å². The summed E-state index contributed by atoms with van der Waals surface area (Å²) in [4.78, 5) is 35.1. The van der Waals surface area contributed by atoms with E-state index in [9.17, 15) is 14.4 Å². The van der Waals surface area contributed by atoms with E-state index in [0.717, 1.165) is 4.90 Å². The van der Waals surface area contributed by atoms with Crippen LogP contribution in [-0.4, -0.2) is 22.9 Å². The van der Waals surface area contributed by atoms with Gasteiger partial charge in [-0.3, -0.25) is 9.59 Å². The molecular weight excluding hydrogens is 290 g/mol. The minimum absolute atomic E-state index is 0.0585. The number of rotatable bonds is 2. The molecule has 88 valence electrons. The normalized spacial score (nSPS) is 15.5. The van der Waals surface area contributed by atoms with Crippen molar-refractivity contribution in [3.05, 3.63) is 28.2 Å². The minimum atomic E-state index is -1.17. The molecular formula is C11H8BrNO4. The van der Waals surface area contributed by atoms with E-state index in [2.05, 4.69) is 15.9 Å². The third-order valence-electron chi connectivity index (χ3n) is 2.48. The standard InChI is InChI=1S/C11H8BrNO4/c12-6-1-2-7(11(16)17)8(5-6)13-9(14)3-4-10(13)15/h1-2,5H,3-4H2,(H,16,17). The first-order valence-electron chi connectivity index (χ1n) is 4.89. The molecule has 1 aliphatic heterocycles. The second kappa shape index (κ2) is 4.29. The first-order chi connectivity index (χ1) is 8.00. The number of carboxylic acids is 1. The van der Waals surface area contributed by atoms with Gasteiger partial charge >= 0.3 is 5.97 Å². The molecule has 0 aromatic heterocycles. The van der Waals surface area contributed by atoms with Gasteiger partial charge in [-0.2, -0.15) is 0 Å². The summed E-state index contributed by atoms with van der Waals surface area (Å²) in [5.41, 5.74) is 0.0659. The molecule has 0 radical (unpaired) electrons. The molecule has 1 heterocycles. The van der Waals surface area contributed by atoms with Crippen molar-refractivity contribution in [1.82, 2.24) is 0 Å². The van der Waals surface area contributed by atoms with E-state index >= 15 is 0 Å². The summed E-state index contributed by atoms with van der Waals surface area (Å²) in [6.45, 7) is 0. The Labute approximate surface area is 105 Å². The van der Waals surface area contributed by atoms with Crippen LogP contribution in [0, 0.1) is 0 Å². The molecule has 1 fully saturated rings. The Hall–Kier alpha value is -1.69. The summed E-state index contributed by atoms with van der Waals surface area (Å²) in [5, 5.41) is 9.02. The van der Waals surface area contributed by atoms with Crippen LogP contribution in [-0.2, 0) is 9.59 Å². The molecule has 0 unspecified atom stereocenters. The fraction of sp³-hybridized carbons (Fsp3) is 0.182. The van der Waals surface area contributed by atoms with Gasteiger partial charge in [-0.05, 0) is 18.2 Å². The van der Waals surface area contributed by atoms with Crippen LogP contribution in [0.2, 0.25) is 0 Å². The van der Waals surface area contributed by atoms with Crippen LogP contribution in [0.3, 0.4) is 0 Å². The number of nitrogens with zero attached hydrogens (tertiary/aromatic N) is 1. The van der Waals surface area contributed by atoms with Crippen molar-refractivity contribution >= 4 is 39.4 Å². The van der Waals surface area contributed by atoms with Gasteiger partial charge in [-0.15, -0.1) is 0 Å². The highest BCUT2D eigenvalue weighted by atomic mass is 79.9. The molecule has 17 heavy (non-hydrogen) atoms. The number of benzene rings is 1. The highest BCUT2D eigenvalue weighted by Crippen LogP contribution is 2.29. The van der Waals surface area contributed by atoms with Gasteiger partial charge in [0.25, 0.3) is 0 Å². The van der Waals surface area contributed by atoms with Crippen molar-refractivity contribution < 1.29 is 19.5 Å². The van der Waals surface area contributed by atoms with Gasteiger partial charge in [-0.25, -0.2) is 9.69 Å². The maximum atomic E-state index is 11.6. The Kier molecular flexibility index (Phi) is 2.97. The maximum absolute atomic E-state index is 11.6. The molecule has 1 saturated heterocycles. The first-order valence-corrected chi connectivity index (χ1v) is 5.68. The van der Waals surface area contributed by atoms with Crippen LogP contribution in [0.4, 0.5) is 5.69 Å². The fourth-order valence-corrected chi connectivity index (χ4v) is 2.06. The zero-order valence-electron chi connectivity index (χ0n) is 8.64. The first kappa shape index (κ1) is 11.8. The van der Waals surface area contributed by atoms with Gasteiger partial charge in [0.05, 0.1) is 11.3 Å². The largest absolute Gasteiger partial charge is 0.478 e. The lowest BCUT2D eigenvalue weighted by atomic mass is 10.1. The molecule has 1 N–H and O–H groups in total. The Morgan fingerprint density at radius 1 is 1.24 bits per heavy atom. The van der Waals surface area contributed by atoms with Crippen LogP contribution in [0.1, 0.15) is 23.2 Å². The number of hydrogen-bond donors (Lipinski definition) is 1. The van der Waals surface area contributed by atoms with Crippen molar-refractivity contribution in [3.8, 4) is 0 Å². The number of carbonyl (C=O) groups is 3. The highest BCUT2D eigenvalue weighted by molar-refractivity contribution is 9.10. The van der Waals surface area contributed by atoms with Crippen LogP contribution in [0.25, 0.3) is 0 Å². The highest BCUT2D eigenvalue weighted by Gasteiger charge is 2.33. The van der Waals surface area contributed by atoms with Crippen LogP contribution in [0.5, 0.6) is 0 Å². The van der Waals surface area contributed by atoms with Crippen LogP contribution < -0.4 is 4.90 Å². The fourth-order valence-electron chi connectivity index (χ4n) is 1.72. The zero-order valence-corrected chi connectivity index (χ0v) is 10.2. The number of anilines is 1. The molecule has 0 bridgehead atoms. The summed E-state index contributed by atoms with van der Waals surface area (Å²) in [6, 6.07) is 4.38. The summed E-state index contributed by atoms with van der Waals surface area (Å²) < 4.78 is 0.616. The van der Waals surface area contributed by atoms with Gasteiger partial charge in [0.1, 0.15) is 0 Å². The molecule has 0 saturated carbocycles. The number of halogens is 1. The van der Waals surface area contributed by atoms with Crippen molar-refractivity contribution in [2.45, 2.75) is 12.8 Å². The molecule has 0 atom stereocenters. The zero-order chi connectivity index (χ0) is 12.6. The molecule has 1 aromatic rings. The summed E-state index contributed by atoms with van der Waals surface area (Å²) >= 11 is 3.19. The lowest BCUT2D eigenvalue weighted by Crippen LogP contribution is -2.30. The molecule has 1 aliphatic rings. The summed E-state index contributed by atoms with van der Waals surface area (Å²) in [6.07, 6.45) is 0.259. The Morgan fingerprint density at radius 3 is 2.35 bits per heavy atom. The predicted molar refractivity (Wildman–Crippen MR) is 62.8 cm³/mol. The molecule has 1 aromatic carbocycles. The number of carbonyl (C=O) groups excluding carboxylic acids is 2. The number of hydrogen-bond acceptors (Lipinski definition) is 3. The second-order valence-electron chi connectivity index (χ2n) is 3.59. The second-order valence-corrected chi connectivity index (χ2v) is 4.51. The predicted octanol–water partition coefficient (Wildman–Crippen LogP) is 1.80. The maximum Gasteiger partial charge on any atom is 0.337 e. The third-order valence-corrected chi connectivity index (χ3v) is 2.98. The van der Waals surface area contributed by atoms with E-state index in [1.807, 2.05) is 0 Å². The average Bonchev–Trinajstić information content (AvgIpc) is 2.58. The summed E-state index contributed by atoms with van der Waals surface area (Å²) in [5.74, 6) is -1.90. The molecule has 6 heteroatoms. The third kappa shape index (κ3) is 2.08. The quantitative estimate of drug-likeness (QED) is 0.845. The molecule has 0 aliphatic carbocycles. The van der Waals surface area contributed by atoms with Crippen LogP contribution in [0.15, 0.2) is 22.7 Å². The molecule has 2 rings (SSSR count). The molecule has 2 amide bonds. The number of aromatic carboxylic acids is 1. The average molecular weight is 298 g/mol. The van der Waals surface area contributed by atoms with Crippen molar-refractivity contribution in [1.29, 1.82) is 0 Å². The van der Waals surface area contributed by atoms with Crippen molar-refractivity contribution in [3.63, 3.8) is 0 Å². The monoisotopic (exact) mass is 297 g/mol. The summed E-state index contributed by atoms with van der Waals surface area (Å²) in [7, 11) is 0. The van der Waals surface area contributed by atoms with E-state index in [-0.39, 0.29) is 35.9 Å². The van der Waals surface area contributed by atoms with Gasteiger partial charge in [0.15, 0.2) is 0 Å².